The molecule has 69 heavy (non-hydrogen) atoms. The largest absolute Gasteiger partial charge is 0.379 e. The van der Waals surface area contributed by atoms with Crippen molar-refractivity contribution in [1.82, 2.24) is 10.4 Å². The van der Waals surface area contributed by atoms with Crippen LogP contribution in [0.25, 0.3) is 0 Å². The number of nitrogens with two attached hydrogens (primary N) is 3. The molecule has 0 spiro atoms. The van der Waals surface area contributed by atoms with Crippen LogP contribution in [-0.2, 0) is 57.2 Å². The molecule has 3 aromatic rings. The lowest BCUT2D eigenvalue weighted by Gasteiger charge is -2.35. The smallest absolute Gasteiger partial charge is 0.333 e. The lowest BCUT2D eigenvalue weighted by atomic mass is 9.84. The highest BCUT2D eigenvalue weighted by Gasteiger charge is 2.37. The fourth-order valence-electron chi connectivity index (χ4n) is 6.21. The molecule has 1 aliphatic rings. The molecule has 0 radical (unpaired) electrons. The first-order chi connectivity index (χ1) is 34.2. The number of rotatable bonds is 35. The van der Waals surface area contributed by atoms with Crippen molar-refractivity contribution in [3.8, 4) is 0 Å². The van der Waals surface area contributed by atoms with Crippen molar-refractivity contribution in [2.24, 2.45) is 17.2 Å². The summed E-state index contributed by atoms with van der Waals surface area (Å²) >= 11 is 1.80. The van der Waals surface area contributed by atoms with E-state index in [1.807, 2.05) is 25.1 Å². The van der Waals surface area contributed by atoms with E-state index in [1.165, 1.54) is 16.7 Å². The van der Waals surface area contributed by atoms with Crippen LogP contribution >= 0.6 is 11.8 Å². The monoisotopic (exact) mass is 991 g/mol. The molecule has 1 heterocycles. The van der Waals surface area contributed by atoms with Gasteiger partial charge in [-0.15, -0.1) is 16.8 Å². The molecule has 1 saturated heterocycles. The zero-order valence-electron chi connectivity index (χ0n) is 41.7. The average molecular weight is 991 g/mol. The Morgan fingerprint density at radius 3 is 1.30 bits per heavy atom. The van der Waals surface area contributed by atoms with Crippen LogP contribution in [0.15, 0.2) is 91.0 Å². The average Bonchev–Trinajstić information content (AvgIpc) is 3.69. The molecule has 1 aliphatic heterocycles. The van der Waals surface area contributed by atoms with Crippen molar-refractivity contribution in [2.45, 2.75) is 69.5 Å². The number of hydrogen-bond donors (Lipinski definition) is 4. The summed E-state index contributed by atoms with van der Waals surface area (Å²) in [5.41, 5.74) is 19.7. The number of amides is 3. The van der Waals surface area contributed by atoms with Gasteiger partial charge in [-0.2, -0.15) is 0 Å². The van der Waals surface area contributed by atoms with E-state index in [0.29, 0.717) is 129 Å². The highest BCUT2D eigenvalue weighted by atomic mass is 32.2. The van der Waals surface area contributed by atoms with Crippen molar-refractivity contribution in [2.75, 3.05) is 118 Å². The van der Waals surface area contributed by atoms with Crippen LogP contribution in [0.5, 0.6) is 0 Å². The Morgan fingerprint density at radius 2 is 0.957 bits per heavy atom. The minimum Gasteiger partial charge on any atom is -0.379 e. The maximum atomic E-state index is 12.6. The Hall–Kier alpha value is -4.34. The molecule has 3 amide bonds. The molecular weight excluding hydrogens is 910 g/mol. The summed E-state index contributed by atoms with van der Waals surface area (Å²) in [6.07, 6.45) is 5.02. The number of halogens is 1. The van der Waals surface area contributed by atoms with Crippen LogP contribution < -0.4 is 22.5 Å². The minimum atomic E-state index is -1.00. The molecule has 7 N–H and O–H groups in total. The Labute approximate surface area is 415 Å². The SMILES string of the molecule is CCCC(=O)ON1C(=O)CCC1=O.NCCCOCCOCCOCCCN.NCCCOCCOCCOCCCNC(=O)CCSC(c1ccccc1)(c1ccccc1)c1ccccc1.[2H]CF. The summed E-state index contributed by atoms with van der Waals surface area (Å²) in [5.74, 6) is -0.660. The number of ether oxygens (including phenoxy) is 6. The van der Waals surface area contributed by atoms with Crippen molar-refractivity contribution in [3.63, 3.8) is 0 Å². The van der Waals surface area contributed by atoms with Gasteiger partial charge in [0, 0.05) is 64.4 Å². The summed E-state index contributed by atoms with van der Waals surface area (Å²) in [4.78, 5) is 50.0. The summed E-state index contributed by atoms with van der Waals surface area (Å²) in [5, 5.41) is 3.60. The maximum absolute atomic E-state index is 12.6. The van der Waals surface area contributed by atoms with Crippen molar-refractivity contribution in [3.05, 3.63) is 108 Å². The molecule has 16 nitrogen and oxygen atoms in total. The van der Waals surface area contributed by atoms with Gasteiger partial charge in [0.25, 0.3) is 11.8 Å². The number of nitrogens with zero attached hydrogens (tertiary/aromatic N) is 1. The first-order valence-corrected chi connectivity index (χ1v) is 24.8. The predicted molar refractivity (Wildman–Crippen MR) is 269 cm³/mol. The number of hydroxylamine groups is 2. The Bertz CT molecular complexity index is 1610. The van der Waals surface area contributed by atoms with E-state index < -0.39 is 29.7 Å². The zero-order chi connectivity index (χ0) is 51.2. The summed E-state index contributed by atoms with van der Waals surface area (Å²) in [6, 6.07) is 31.7. The van der Waals surface area contributed by atoms with Crippen molar-refractivity contribution < 1.29 is 58.2 Å². The predicted octanol–water partition coefficient (Wildman–Crippen LogP) is 5.72. The number of benzene rings is 3. The standard InChI is InChI=1S/C32H42N2O4S.C10H24N2O3.C8H11NO4.CH3F/c33-19-10-21-36-23-25-38-26-24-37-22-11-20-34-31(35)18-27-39-32(28-12-4-1-5-13-28,29-14-6-2-7-15-29)30-16-8-3-9-17-30;11-3-1-5-13-7-9-15-10-8-14-6-2-4-12;1-2-3-8(12)13-9-6(10)4-5-7(9)11;1-2/h1-9,12-17H,10-11,18-27,33H2,(H,34,35);1-12H2;2-5H2,1H3;1H3/i;;;1D. The molecular formula is C51H80FN5O11S. The van der Waals surface area contributed by atoms with Gasteiger partial charge in [0.1, 0.15) is 0 Å². The second-order valence-corrected chi connectivity index (χ2v) is 16.3. The molecule has 0 aromatic heterocycles. The highest BCUT2D eigenvalue weighted by Crippen LogP contribution is 2.48. The van der Waals surface area contributed by atoms with Crippen LogP contribution in [-0.4, -0.2) is 147 Å². The van der Waals surface area contributed by atoms with E-state index in [2.05, 4.69) is 83.0 Å². The van der Waals surface area contributed by atoms with Gasteiger partial charge in [0.15, 0.2) is 0 Å². The van der Waals surface area contributed by atoms with Gasteiger partial charge in [-0.1, -0.05) is 97.9 Å². The van der Waals surface area contributed by atoms with E-state index >= 15 is 0 Å². The number of imide groups is 1. The fourth-order valence-corrected chi connectivity index (χ4v) is 7.71. The van der Waals surface area contributed by atoms with Gasteiger partial charge in [0.2, 0.25) is 5.91 Å². The van der Waals surface area contributed by atoms with Gasteiger partial charge in [0.05, 0.1) is 66.1 Å². The second-order valence-electron chi connectivity index (χ2n) is 15.0. The lowest BCUT2D eigenvalue weighted by Crippen LogP contribution is -2.31. The Morgan fingerprint density at radius 1 is 0.609 bits per heavy atom. The molecule has 388 valence electrons. The van der Waals surface area contributed by atoms with Crippen LogP contribution in [0.2, 0.25) is 0 Å². The van der Waals surface area contributed by atoms with E-state index in [4.69, 9.17) is 47.0 Å². The van der Waals surface area contributed by atoms with Crippen LogP contribution in [0.4, 0.5) is 4.39 Å². The Kier molecular flexibility index (Phi) is 38.5. The summed E-state index contributed by atoms with van der Waals surface area (Å²) in [7, 11) is -1.00. The van der Waals surface area contributed by atoms with Gasteiger partial charge in [-0.3, -0.25) is 18.8 Å². The first-order valence-electron chi connectivity index (χ1n) is 24.5. The Balaban J connectivity index is 0.000000642. The quantitative estimate of drug-likeness (QED) is 0.0314. The summed E-state index contributed by atoms with van der Waals surface area (Å²) in [6.45, 7) is 11.8. The zero-order valence-corrected chi connectivity index (χ0v) is 41.5. The third kappa shape index (κ3) is 28.8. The van der Waals surface area contributed by atoms with Gasteiger partial charge < -0.3 is 55.8 Å². The molecule has 4 rings (SSSR count). The molecule has 1 fully saturated rings. The fraction of sp³-hybridized carbons (Fsp3) is 0.569. The highest BCUT2D eigenvalue weighted by molar-refractivity contribution is 8.00. The van der Waals surface area contributed by atoms with E-state index in [1.54, 1.807) is 11.8 Å². The first kappa shape index (κ1) is 60.8. The number of nitrogens with one attached hydrogen (secondary N) is 1. The van der Waals surface area contributed by atoms with Crippen molar-refractivity contribution >= 4 is 35.5 Å². The number of alkyl halides is 1. The normalized spacial score (nSPS) is 12.2. The van der Waals surface area contributed by atoms with Crippen LogP contribution in [0.3, 0.4) is 0 Å². The van der Waals surface area contributed by atoms with Gasteiger partial charge in [-0.25, -0.2) is 4.79 Å². The number of hydrogen-bond acceptors (Lipinski definition) is 15. The van der Waals surface area contributed by atoms with Gasteiger partial charge >= 0.3 is 5.97 Å². The topological polar surface area (TPSA) is 226 Å². The maximum Gasteiger partial charge on any atom is 0.333 e. The second kappa shape index (κ2) is 43.7. The van der Waals surface area contributed by atoms with Crippen LogP contribution in [0.1, 0.15) is 82.8 Å². The molecule has 0 aliphatic carbocycles. The third-order valence-electron chi connectivity index (χ3n) is 9.60. The third-order valence-corrected chi connectivity index (χ3v) is 11.1. The lowest BCUT2D eigenvalue weighted by molar-refractivity contribution is -0.197. The van der Waals surface area contributed by atoms with E-state index in [0.717, 1.165) is 25.7 Å². The minimum absolute atomic E-state index is 0.0588. The number of thioether (sulfide) groups is 1. The van der Waals surface area contributed by atoms with Gasteiger partial charge in [-0.05, 0) is 68.4 Å². The molecule has 0 atom stereocenters. The van der Waals surface area contributed by atoms with E-state index in [9.17, 15) is 23.6 Å². The molecule has 3 aromatic carbocycles. The molecule has 18 heteroatoms. The molecule has 0 saturated carbocycles. The molecule has 0 unspecified atom stereocenters. The number of carbonyl (C=O) groups is 4. The van der Waals surface area contributed by atoms with Crippen LogP contribution in [0, 0.1) is 0 Å². The van der Waals surface area contributed by atoms with Crippen molar-refractivity contribution in [1.29, 1.82) is 0 Å². The van der Waals surface area contributed by atoms with E-state index in [-0.39, 0.29) is 25.2 Å². The number of carbonyl (C=O) groups excluding carboxylic acids is 4. The summed E-state index contributed by atoms with van der Waals surface area (Å²) < 4.78 is 47.3. The molecule has 0 bridgehead atoms.